The molecule has 0 saturated heterocycles. The highest BCUT2D eigenvalue weighted by Crippen LogP contribution is 2.52. The molecule has 4 rings (SSSR count). The lowest BCUT2D eigenvalue weighted by Gasteiger charge is -2.22. The van der Waals surface area contributed by atoms with E-state index in [1.165, 1.54) is 18.2 Å². The van der Waals surface area contributed by atoms with Crippen molar-refractivity contribution in [3.05, 3.63) is 51.6 Å². The molecule has 18 heteroatoms. The van der Waals surface area contributed by atoms with Gasteiger partial charge >= 0.3 is 53.7 Å². The molecule has 3 aromatic rings. The standard InChI is InChI=1S/C39H36O18/c1-16(40)49-31-13-25-10-29-27(15-33(51-18(3)42)38(56-23(8)47)35(29)53-20(5)44)12-30-26(11-28(25)34(52-19(4)43)37(31)55-22(7)46)14-32(50-17(2)41)39(57-24(9)48)36(30)54-21(6)45/h13-15H,10-12H2,1-9H3. The van der Waals surface area contributed by atoms with E-state index < -0.39 is 88.2 Å². The number of benzene rings is 3. The second-order valence-corrected chi connectivity index (χ2v) is 12.4. The van der Waals surface area contributed by atoms with Crippen molar-refractivity contribution in [1.29, 1.82) is 0 Å². The summed E-state index contributed by atoms with van der Waals surface area (Å²) in [7, 11) is 0. The quantitative estimate of drug-likeness (QED) is 0.171. The maximum Gasteiger partial charge on any atom is 0.308 e. The van der Waals surface area contributed by atoms with Crippen LogP contribution in [0.25, 0.3) is 0 Å². The Morgan fingerprint density at radius 3 is 0.649 bits per heavy atom. The molecule has 57 heavy (non-hydrogen) atoms. The Kier molecular flexibility index (Phi) is 13.1. The summed E-state index contributed by atoms with van der Waals surface area (Å²) in [4.78, 5) is 112. The number of rotatable bonds is 9. The van der Waals surface area contributed by atoms with E-state index in [1.807, 2.05) is 0 Å². The van der Waals surface area contributed by atoms with Gasteiger partial charge in [-0.05, 0) is 34.9 Å². The maximum atomic E-state index is 12.7. The molecule has 0 aliphatic heterocycles. The molecule has 0 heterocycles. The van der Waals surface area contributed by atoms with E-state index in [-0.39, 0.29) is 69.9 Å². The van der Waals surface area contributed by atoms with Gasteiger partial charge in [-0.15, -0.1) is 0 Å². The fraction of sp³-hybridized carbons (Fsp3) is 0.308. The third-order valence-electron chi connectivity index (χ3n) is 7.53. The van der Waals surface area contributed by atoms with Crippen LogP contribution in [0.15, 0.2) is 18.2 Å². The predicted octanol–water partition coefficient (Wildman–Crippen LogP) is 4.10. The van der Waals surface area contributed by atoms with Crippen molar-refractivity contribution in [1.82, 2.24) is 0 Å². The maximum absolute atomic E-state index is 12.7. The van der Waals surface area contributed by atoms with Crippen molar-refractivity contribution < 1.29 is 85.8 Å². The molecule has 0 saturated carbocycles. The van der Waals surface area contributed by atoms with Crippen LogP contribution >= 0.6 is 0 Å². The molecule has 0 unspecified atom stereocenters. The van der Waals surface area contributed by atoms with Gasteiger partial charge < -0.3 is 42.6 Å². The van der Waals surface area contributed by atoms with Gasteiger partial charge in [0.15, 0.2) is 34.5 Å². The molecule has 0 fully saturated rings. The number of hydrogen-bond donors (Lipinski definition) is 0. The van der Waals surface area contributed by atoms with Gasteiger partial charge in [0, 0.05) is 98.3 Å². The normalized spacial score (nSPS) is 11.3. The molecular weight excluding hydrogens is 756 g/mol. The molecule has 1 aliphatic carbocycles. The lowest BCUT2D eigenvalue weighted by Crippen LogP contribution is -2.15. The summed E-state index contributed by atoms with van der Waals surface area (Å²) in [5, 5.41) is 0. The van der Waals surface area contributed by atoms with Gasteiger partial charge in [-0.1, -0.05) is 0 Å². The fourth-order valence-corrected chi connectivity index (χ4v) is 5.91. The molecule has 1 aliphatic rings. The molecule has 0 bridgehead atoms. The van der Waals surface area contributed by atoms with Crippen LogP contribution in [0.2, 0.25) is 0 Å². The minimum absolute atomic E-state index is 0.0566. The van der Waals surface area contributed by atoms with Crippen LogP contribution in [0.5, 0.6) is 51.7 Å². The van der Waals surface area contributed by atoms with Crippen LogP contribution in [-0.2, 0) is 62.4 Å². The molecule has 0 amide bonds. The van der Waals surface area contributed by atoms with Crippen LogP contribution < -0.4 is 42.6 Å². The van der Waals surface area contributed by atoms with Crippen LogP contribution in [0.1, 0.15) is 95.7 Å². The van der Waals surface area contributed by atoms with Crippen LogP contribution in [0.4, 0.5) is 0 Å². The highest BCUT2D eigenvalue weighted by atomic mass is 16.6. The van der Waals surface area contributed by atoms with Crippen LogP contribution in [-0.4, -0.2) is 53.7 Å². The molecule has 0 spiro atoms. The van der Waals surface area contributed by atoms with Crippen molar-refractivity contribution in [2.75, 3.05) is 0 Å². The van der Waals surface area contributed by atoms with Gasteiger partial charge in [0.05, 0.1) is 0 Å². The van der Waals surface area contributed by atoms with Gasteiger partial charge in [0.2, 0.25) is 17.2 Å². The number of carbonyl (C=O) groups excluding carboxylic acids is 9. The zero-order valence-electron chi connectivity index (χ0n) is 32.2. The van der Waals surface area contributed by atoms with Gasteiger partial charge in [0.25, 0.3) is 0 Å². The minimum Gasteiger partial charge on any atom is -0.423 e. The smallest absolute Gasteiger partial charge is 0.308 e. The Bertz CT molecular complexity index is 2010. The summed E-state index contributed by atoms with van der Waals surface area (Å²) in [6.45, 7) is 9.44. The molecule has 0 atom stereocenters. The highest BCUT2D eigenvalue weighted by molar-refractivity contribution is 5.84. The highest BCUT2D eigenvalue weighted by Gasteiger charge is 2.34. The van der Waals surface area contributed by atoms with Gasteiger partial charge in [-0.3, -0.25) is 43.2 Å². The first kappa shape index (κ1) is 42.6. The number of fused-ring (bicyclic) bond motifs is 3. The first-order valence-electron chi connectivity index (χ1n) is 16.9. The Morgan fingerprint density at radius 2 is 0.474 bits per heavy atom. The lowest BCUT2D eigenvalue weighted by atomic mass is 9.92. The topological polar surface area (TPSA) is 237 Å². The molecule has 0 radical (unpaired) electrons. The third-order valence-corrected chi connectivity index (χ3v) is 7.53. The first-order chi connectivity index (χ1) is 26.6. The molecule has 18 nitrogen and oxygen atoms in total. The molecule has 300 valence electrons. The van der Waals surface area contributed by atoms with Crippen molar-refractivity contribution >= 4 is 53.7 Å². The zero-order valence-corrected chi connectivity index (χ0v) is 32.2. The van der Waals surface area contributed by atoms with Crippen molar-refractivity contribution in [2.24, 2.45) is 0 Å². The van der Waals surface area contributed by atoms with E-state index in [2.05, 4.69) is 0 Å². The Hall–Kier alpha value is -7.11. The number of ether oxygens (including phenoxy) is 9. The first-order valence-corrected chi connectivity index (χ1v) is 16.9. The van der Waals surface area contributed by atoms with Crippen molar-refractivity contribution in [3.8, 4) is 51.7 Å². The Balaban J connectivity index is 2.38. The van der Waals surface area contributed by atoms with Crippen LogP contribution in [0, 0.1) is 0 Å². The average molecular weight is 793 g/mol. The van der Waals surface area contributed by atoms with Gasteiger partial charge in [-0.2, -0.15) is 0 Å². The summed E-state index contributed by atoms with van der Waals surface area (Å²) in [6, 6.07) is 3.85. The van der Waals surface area contributed by atoms with Crippen LogP contribution in [0.3, 0.4) is 0 Å². The predicted molar refractivity (Wildman–Crippen MR) is 190 cm³/mol. The molecular formula is C39H36O18. The molecule has 0 N–H and O–H groups in total. The average Bonchev–Trinajstić information content (AvgIpc) is 3.10. The second-order valence-electron chi connectivity index (χ2n) is 12.4. The summed E-state index contributed by atoms with van der Waals surface area (Å²) in [5.74, 6) is -12.0. The molecule has 0 aromatic heterocycles. The van der Waals surface area contributed by atoms with E-state index in [0.717, 1.165) is 62.3 Å². The van der Waals surface area contributed by atoms with E-state index in [1.54, 1.807) is 0 Å². The summed E-state index contributed by atoms with van der Waals surface area (Å²) >= 11 is 0. The largest absolute Gasteiger partial charge is 0.423 e. The van der Waals surface area contributed by atoms with Gasteiger partial charge in [-0.25, -0.2) is 0 Å². The van der Waals surface area contributed by atoms with Crippen molar-refractivity contribution in [3.63, 3.8) is 0 Å². The van der Waals surface area contributed by atoms with Crippen molar-refractivity contribution in [2.45, 2.75) is 81.6 Å². The number of esters is 9. The Labute approximate surface area is 324 Å². The summed E-state index contributed by atoms with van der Waals surface area (Å²) in [5.41, 5.74) is 0.634. The van der Waals surface area contributed by atoms with E-state index in [0.29, 0.717) is 0 Å². The third kappa shape index (κ3) is 10.6. The monoisotopic (exact) mass is 792 g/mol. The second kappa shape index (κ2) is 17.6. The Morgan fingerprint density at radius 1 is 0.298 bits per heavy atom. The summed E-state index contributed by atoms with van der Waals surface area (Å²) < 4.78 is 49.6. The van der Waals surface area contributed by atoms with E-state index >= 15 is 0 Å². The van der Waals surface area contributed by atoms with Gasteiger partial charge in [0.1, 0.15) is 0 Å². The number of carbonyl (C=O) groups is 9. The SMILES string of the molecule is CC(=O)Oc1cc2c(c(OC(C)=O)c1OC(C)=O)Cc1cc(OC(C)=O)c(OC(C)=O)c(OC(C)=O)c1Cc1cc(OC(C)=O)c(OC(C)=O)c(OC(C)=O)c1C2. The lowest BCUT2D eigenvalue weighted by molar-refractivity contribution is -0.135. The molecule has 3 aromatic carbocycles. The fourth-order valence-electron chi connectivity index (χ4n) is 5.91. The zero-order chi connectivity index (χ0) is 42.5. The summed E-state index contributed by atoms with van der Waals surface area (Å²) in [6.07, 6.45) is -1.01. The van der Waals surface area contributed by atoms with E-state index in [9.17, 15) is 43.2 Å². The minimum atomic E-state index is -0.916. The number of hydrogen-bond acceptors (Lipinski definition) is 18. The van der Waals surface area contributed by atoms with E-state index in [4.69, 9.17) is 42.6 Å².